The Morgan fingerprint density at radius 3 is 2.60 bits per heavy atom. The lowest BCUT2D eigenvalue weighted by Gasteiger charge is -2.36. The van der Waals surface area contributed by atoms with Crippen LogP contribution in [-0.4, -0.2) is 65.1 Å². The summed E-state index contributed by atoms with van der Waals surface area (Å²) >= 11 is 0. The van der Waals surface area contributed by atoms with Gasteiger partial charge in [-0.25, -0.2) is 4.68 Å². The third-order valence-corrected chi connectivity index (χ3v) is 6.59. The van der Waals surface area contributed by atoms with Crippen molar-refractivity contribution in [1.82, 2.24) is 25.1 Å². The molecule has 1 unspecified atom stereocenters. The lowest BCUT2D eigenvalue weighted by atomic mass is 9.93. The van der Waals surface area contributed by atoms with E-state index in [1.807, 2.05) is 36.4 Å². The number of likely N-dealkylation sites (tertiary alicyclic amines) is 1. The topological polar surface area (TPSA) is 127 Å². The minimum absolute atomic E-state index is 0.123. The number of tetrazole rings is 1. The van der Waals surface area contributed by atoms with Crippen LogP contribution in [0.4, 0.5) is 0 Å². The largest absolute Gasteiger partial charge is 0.493 e. The molecule has 11 heteroatoms. The number of nitrogens with zero attached hydrogens (tertiary/aromatic N) is 5. The summed E-state index contributed by atoms with van der Waals surface area (Å²) in [5, 5.41) is 12.7. The van der Waals surface area contributed by atoms with Gasteiger partial charge in [-0.1, -0.05) is 12.1 Å². The smallest absolute Gasteiger partial charge is 0.231 e. The third-order valence-electron chi connectivity index (χ3n) is 6.59. The highest BCUT2D eigenvalue weighted by molar-refractivity contribution is 5.76. The van der Waals surface area contributed by atoms with Crippen LogP contribution in [0.5, 0.6) is 23.0 Å². The molecule has 0 spiro atoms. The lowest BCUT2D eigenvalue weighted by molar-refractivity contribution is -0.123. The van der Waals surface area contributed by atoms with Crippen molar-refractivity contribution in [2.24, 2.45) is 11.7 Å². The minimum atomic E-state index is -0.257. The summed E-state index contributed by atoms with van der Waals surface area (Å²) in [5.41, 5.74) is 7.52. The quantitative estimate of drug-likeness (QED) is 0.513. The van der Waals surface area contributed by atoms with E-state index in [2.05, 4.69) is 20.4 Å². The summed E-state index contributed by atoms with van der Waals surface area (Å²) in [6, 6.07) is 11.4. The van der Waals surface area contributed by atoms with Crippen LogP contribution in [0.15, 0.2) is 36.4 Å². The Morgan fingerprint density at radius 2 is 1.86 bits per heavy atom. The van der Waals surface area contributed by atoms with E-state index in [1.54, 1.807) is 18.9 Å². The second-order valence-electron chi connectivity index (χ2n) is 8.61. The zero-order valence-corrected chi connectivity index (χ0v) is 19.7. The Bertz CT molecular complexity index is 1210. The molecular weight excluding hydrogens is 452 g/mol. The van der Waals surface area contributed by atoms with Gasteiger partial charge in [0.1, 0.15) is 0 Å². The molecule has 5 rings (SSSR count). The van der Waals surface area contributed by atoms with Crippen LogP contribution in [0.25, 0.3) is 0 Å². The first-order chi connectivity index (χ1) is 17.1. The highest BCUT2D eigenvalue weighted by Gasteiger charge is 2.33. The number of primary amides is 1. The fourth-order valence-electron chi connectivity index (χ4n) is 4.72. The van der Waals surface area contributed by atoms with Crippen LogP contribution in [0, 0.1) is 5.92 Å². The normalized spacial score (nSPS) is 16.7. The monoisotopic (exact) mass is 480 g/mol. The van der Waals surface area contributed by atoms with Gasteiger partial charge in [-0.05, 0) is 71.8 Å². The van der Waals surface area contributed by atoms with Crippen LogP contribution >= 0.6 is 0 Å². The summed E-state index contributed by atoms with van der Waals surface area (Å²) < 4.78 is 23.7. The van der Waals surface area contributed by atoms with Crippen LogP contribution in [0.1, 0.15) is 35.8 Å². The Kier molecular flexibility index (Phi) is 6.41. The zero-order chi connectivity index (χ0) is 24.4. The highest BCUT2D eigenvalue weighted by Crippen LogP contribution is 2.37. The number of carbonyl (C=O) groups is 1. The molecule has 1 saturated heterocycles. The summed E-state index contributed by atoms with van der Waals surface area (Å²) in [6.07, 6.45) is 1.37. The number of benzene rings is 2. The maximum absolute atomic E-state index is 11.7. The molecule has 3 aromatic rings. The van der Waals surface area contributed by atoms with Crippen LogP contribution in [0.2, 0.25) is 0 Å². The van der Waals surface area contributed by atoms with Crippen molar-refractivity contribution in [3.63, 3.8) is 0 Å². The molecule has 2 N–H and O–H groups in total. The molecule has 3 heterocycles. The number of hydrogen-bond acceptors (Lipinski definition) is 9. The van der Waals surface area contributed by atoms with E-state index in [1.165, 1.54) is 0 Å². The molecule has 11 nitrogen and oxygen atoms in total. The number of fused-ring (bicyclic) bond motifs is 1. The molecular formula is C24H28N6O5. The van der Waals surface area contributed by atoms with Gasteiger partial charge in [-0.3, -0.25) is 9.69 Å². The number of amides is 1. The molecule has 1 fully saturated rings. The number of nitrogens with two attached hydrogens (primary N) is 1. The maximum atomic E-state index is 11.7. The van der Waals surface area contributed by atoms with E-state index in [0.717, 1.165) is 16.9 Å². The van der Waals surface area contributed by atoms with E-state index >= 15 is 0 Å². The van der Waals surface area contributed by atoms with Gasteiger partial charge in [-0.15, -0.1) is 5.10 Å². The Balaban J connectivity index is 1.49. The van der Waals surface area contributed by atoms with Crippen LogP contribution < -0.4 is 24.7 Å². The van der Waals surface area contributed by atoms with Crippen molar-refractivity contribution in [2.75, 3.05) is 34.1 Å². The van der Waals surface area contributed by atoms with E-state index in [-0.39, 0.29) is 24.7 Å². The minimum Gasteiger partial charge on any atom is -0.493 e. The van der Waals surface area contributed by atoms with Gasteiger partial charge in [0, 0.05) is 5.92 Å². The molecule has 2 aliphatic heterocycles. The number of methoxy groups -OCH3 is 2. The molecule has 35 heavy (non-hydrogen) atoms. The van der Waals surface area contributed by atoms with Gasteiger partial charge in [0.2, 0.25) is 12.7 Å². The predicted octanol–water partition coefficient (Wildman–Crippen LogP) is 1.75. The first-order valence-corrected chi connectivity index (χ1v) is 11.5. The summed E-state index contributed by atoms with van der Waals surface area (Å²) in [6.45, 7) is 2.05. The van der Waals surface area contributed by atoms with Crippen molar-refractivity contribution in [3.05, 3.63) is 53.3 Å². The predicted molar refractivity (Wildman–Crippen MR) is 124 cm³/mol. The fourth-order valence-corrected chi connectivity index (χ4v) is 4.72. The molecule has 1 amide bonds. The SMILES string of the molecule is COc1ccc(C(c2nnnn2Cc2ccc3c(c2)OCO3)N2CCC(C(N)=O)CC2)cc1OC. The van der Waals surface area contributed by atoms with Crippen molar-refractivity contribution in [1.29, 1.82) is 0 Å². The lowest BCUT2D eigenvalue weighted by Crippen LogP contribution is -2.41. The third kappa shape index (κ3) is 4.59. The zero-order valence-electron chi connectivity index (χ0n) is 19.7. The highest BCUT2D eigenvalue weighted by atomic mass is 16.7. The number of aromatic nitrogens is 4. The number of piperidine rings is 1. The summed E-state index contributed by atoms with van der Waals surface area (Å²) in [5.74, 6) is 3.02. The van der Waals surface area contributed by atoms with Gasteiger partial charge in [0.25, 0.3) is 0 Å². The first kappa shape index (κ1) is 22.9. The Hall–Kier alpha value is -3.86. The van der Waals surface area contributed by atoms with Crippen molar-refractivity contribution in [2.45, 2.75) is 25.4 Å². The second kappa shape index (κ2) is 9.79. The van der Waals surface area contributed by atoms with E-state index in [0.29, 0.717) is 55.5 Å². The number of carbonyl (C=O) groups excluding carboxylic acids is 1. The molecule has 184 valence electrons. The first-order valence-electron chi connectivity index (χ1n) is 11.5. The standard InChI is InChI=1S/C24H28N6O5/c1-32-18-6-4-17(12-20(18)33-2)22(29-9-7-16(8-10-29)23(25)31)24-26-27-28-30(24)13-15-3-5-19-21(11-15)35-14-34-19/h3-6,11-12,16,22H,7-10,13-14H2,1-2H3,(H2,25,31). The van der Waals surface area contributed by atoms with E-state index in [9.17, 15) is 4.79 Å². The van der Waals surface area contributed by atoms with Crippen molar-refractivity contribution >= 4 is 5.91 Å². The van der Waals surface area contributed by atoms with Gasteiger partial charge in [0.15, 0.2) is 28.8 Å². The van der Waals surface area contributed by atoms with Crippen molar-refractivity contribution < 1.29 is 23.7 Å². The van der Waals surface area contributed by atoms with Gasteiger partial charge in [-0.2, -0.15) is 0 Å². The van der Waals surface area contributed by atoms with Crippen LogP contribution in [-0.2, 0) is 11.3 Å². The van der Waals surface area contributed by atoms with Crippen LogP contribution in [0.3, 0.4) is 0 Å². The summed E-state index contributed by atoms with van der Waals surface area (Å²) in [4.78, 5) is 14.0. The maximum Gasteiger partial charge on any atom is 0.231 e. The summed E-state index contributed by atoms with van der Waals surface area (Å²) in [7, 11) is 3.22. The van der Waals surface area contributed by atoms with E-state index in [4.69, 9.17) is 24.7 Å². The molecule has 0 aliphatic carbocycles. The average molecular weight is 481 g/mol. The molecule has 0 bridgehead atoms. The fraction of sp³-hybridized carbons (Fsp3) is 0.417. The number of rotatable bonds is 8. The molecule has 1 aromatic heterocycles. The molecule has 1 atom stereocenters. The average Bonchev–Trinajstić information content (AvgIpc) is 3.54. The van der Waals surface area contributed by atoms with Crippen molar-refractivity contribution in [3.8, 4) is 23.0 Å². The van der Waals surface area contributed by atoms with Gasteiger partial charge in [0.05, 0.1) is 26.8 Å². The molecule has 0 radical (unpaired) electrons. The number of hydrogen-bond donors (Lipinski definition) is 1. The molecule has 2 aliphatic rings. The number of ether oxygens (including phenoxy) is 4. The Morgan fingerprint density at radius 1 is 1.09 bits per heavy atom. The van der Waals surface area contributed by atoms with Gasteiger partial charge < -0.3 is 24.7 Å². The van der Waals surface area contributed by atoms with Gasteiger partial charge >= 0.3 is 0 Å². The second-order valence-corrected chi connectivity index (χ2v) is 8.61. The van der Waals surface area contributed by atoms with E-state index < -0.39 is 0 Å². The Labute approximate surface area is 202 Å². The molecule has 2 aromatic carbocycles. The molecule has 0 saturated carbocycles.